The van der Waals surface area contributed by atoms with Gasteiger partial charge in [0.05, 0.1) is 24.7 Å². The third-order valence-electron chi connectivity index (χ3n) is 5.25. The van der Waals surface area contributed by atoms with Crippen molar-refractivity contribution in [2.24, 2.45) is 11.8 Å². The van der Waals surface area contributed by atoms with Crippen LogP contribution in [0.3, 0.4) is 0 Å². The predicted octanol–water partition coefficient (Wildman–Crippen LogP) is -0.0601. The molecular formula is C16H24N2O5S. The molecule has 134 valence electrons. The molecule has 0 spiro atoms. The van der Waals surface area contributed by atoms with Crippen LogP contribution in [0.25, 0.3) is 0 Å². The van der Waals surface area contributed by atoms with Gasteiger partial charge >= 0.3 is 5.97 Å². The minimum absolute atomic E-state index is 0.0784. The SMILES string of the molecule is CC(O)C1C(=O)N2C(C(=O)O)=C(SC3CCN(CCO)C3)C(C)[C@H]12. The summed E-state index contributed by atoms with van der Waals surface area (Å²) in [5.41, 5.74) is 0.0972. The van der Waals surface area contributed by atoms with Gasteiger partial charge in [-0.15, -0.1) is 11.8 Å². The van der Waals surface area contributed by atoms with Crippen molar-refractivity contribution >= 4 is 23.6 Å². The van der Waals surface area contributed by atoms with Crippen LogP contribution in [0.1, 0.15) is 20.3 Å². The first kappa shape index (κ1) is 17.7. The van der Waals surface area contributed by atoms with Gasteiger partial charge in [0, 0.05) is 29.2 Å². The zero-order valence-electron chi connectivity index (χ0n) is 13.9. The third kappa shape index (κ3) is 2.75. The molecule has 3 aliphatic rings. The first-order chi connectivity index (χ1) is 11.4. The Morgan fingerprint density at radius 2 is 2.17 bits per heavy atom. The molecule has 1 amide bonds. The maximum atomic E-state index is 12.3. The van der Waals surface area contributed by atoms with Gasteiger partial charge in [0.25, 0.3) is 0 Å². The van der Waals surface area contributed by atoms with Crippen LogP contribution in [-0.4, -0.2) is 80.6 Å². The van der Waals surface area contributed by atoms with E-state index in [1.54, 1.807) is 18.7 Å². The predicted molar refractivity (Wildman–Crippen MR) is 89.2 cm³/mol. The van der Waals surface area contributed by atoms with Crippen LogP contribution in [0.4, 0.5) is 0 Å². The second-order valence-corrected chi connectivity index (χ2v) is 8.17. The van der Waals surface area contributed by atoms with Gasteiger partial charge in [-0.05, 0) is 19.9 Å². The van der Waals surface area contributed by atoms with Crippen molar-refractivity contribution in [3.05, 3.63) is 10.6 Å². The van der Waals surface area contributed by atoms with Crippen LogP contribution in [0.2, 0.25) is 0 Å². The Morgan fingerprint density at radius 1 is 1.46 bits per heavy atom. The van der Waals surface area contributed by atoms with Crippen molar-refractivity contribution in [2.75, 3.05) is 26.2 Å². The molecule has 0 aromatic rings. The summed E-state index contributed by atoms with van der Waals surface area (Å²) < 4.78 is 0. The molecule has 24 heavy (non-hydrogen) atoms. The fourth-order valence-corrected chi connectivity index (χ4v) is 5.62. The van der Waals surface area contributed by atoms with E-state index in [0.29, 0.717) is 6.54 Å². The normalized spacial score (nSPS) is 34.5. The van der Waals surface area contributed by atoms with Crippen LogP contribution in [0, 0.1) is 11.8 Å². The Balaban J connectivity index is 1.79. The topological polar surface area (TPSA) is 101 Å². The van der Waals surface area contributed by atoms with Crippen molar-refractivity contribution in [3.63, 3.8) is 0 Å². The molecule has 0 bridgehead atoms. The minimum Gasteiger partial charge on any atom is -0.477 e. The van der Waals surface area contributed by atoms with Crippen molar-refractivity contribution in [2.45, 2.75) is 37.7 Å². The molecule has 3 rings (SSSR count). The van der Waals surface area contributed by atoms with Gasteiger partial charge in [-0.25, -0.2) is 4.79 Å². The van der Waals surface area contributed by atoms with Crippen LogP contribution >= 0.6 is 11.8 Å². The highest BCUT2D eigenvalue weighted by atomic mass is 32.2. The van der Waals surface area contributed by atoms with Crippen molar-refractivity contribution in [1.82, 2.24) is 9.80 Å². The number of β-amino-alcohol motifs (C(OH)–C–C–N with tert-alkyl or cyclic N) is 1. The van der Waals surface area contributed by atoms with Gasteiger partial charge in [-0.2, -0.15) is 0 Å². The lowest BCUT2D eigenvalue weighted by Crippen LogP contribution is -2.63. The molecule has 0 aromatic carbocycles. The Kier molecular flexibility index (Phi) is 4.92. The largest absolute Gasteiger partial charge is 0.477 e. The number of aliphatic hydroxyl groups is 2. The van der Waals surface area contributed by atoms with Crippen LogP contribution in [-0.2, 0) is 9.59 Å². The third-order valence-corrected chi connectivity index (χ3v) is 6.79. The number of amides is 1. The second kappa shape index (κ2) is 6.67. The molecule has 8 heteroatoms. The fourth-order valence-electron chi connectivity index (χ4n) is 4.10. The summed E-state index contributed by atoms with van der Waals surface area (Å²) in [6, 6.07) is -0.249. The molecule has 3 aliphatic heterocycles. The molecule has 0 radical (unpaired) electrons. The first-order valence-electron chi connectivity index (χ1n) is 8.35. The summed E-state index contributed by atoms with van der Waals surface area (Å²) in [5.74, 6) is -1.95. The Labute approximate surface area is 145 Å². The van der Waals surface area contributed by atoms with Gasteiger partial charge in [0.15, 0.2) is 0 Å². The molecule has 3 heterocycles. The summed E-state index contributed by atoms with van der Waals surface area (Å²) in [4.78, 5) is 28.3. The van der Waals surface area contributed by atoms with Crippen LogP contribution < -0.4 is 0 Å². The molecular weight excluding hydrogens is 332 g/mol. The Morgan fingerprint density at radius 3 is 2.75 bits per heavy atom. The molecule has 2 saturated heterocycles. The van der Waals surface area contributed by atoms with E-state index in [1.807, 2.05) is 6.92 Å². The highest BCUT2D eigenvalue weighted by Crippen LogP contribution is 2.51. The number of carbonyl (C=O) groups is 2. The van der Waals surface area contributed by atoms with E-state index in [4.69, 9.17) is 5.11 Å². The van der Waals surface area contributed by atoms with Crippen LogP contribution in [0.15, 0.2) is 10.6 Å². The highest BCUT2D eigenvalue weighted by Gasteiger charge is 2.60. The van der Waals surface area contributed by atoms with Gasteiger partial charge in [0.2, 0.25) is 5.91 Å². The number of aliphatic hydroxyl groups excluding tert-OH is 2. The number of β-lactam (4-membered cyclic amide) rings is 1. The first-order valence-corrected chi connectivity index (χ1v) is 9.23. The van der Waals surface area contributed by atoms with E-state index in [1.165, 1.54) is 4.90 Å². The summed E-state index contributed by atoms with van der Waals surface area (Å²) >= 11 is 1.55. The van der Waals surface area contributed by atoms with Gasteiger partial charge in [-0.1, -0.05) is 6.92 Å². The molecule has 2 fully saturated rings. The lowest BCUT2D eigenvalue weighted by atomic mass is 9.79. The summed E-state index contributed by atoms with van der Waals surface area (Å²) in [6.07, 6.45) is 0.166. The van der Waals surface area contributed by atoms with E-state index >= 15 is 0 Å². The molecule has 0 saturated carbocycles. The maximum absolute atomic E-state index is 12.3. The van der Waals surface area contributed by atoms with Crippen LogP contribution in [0.5, 0.6) is 0 Å². The highest BCUT2D eigenvalue weighted by molar-refractivity contribution is 8.03. The average Bonchev–Trinajstić information content (AvgIpc) is 3.02. The zero-order chi connectivity index (χ0) is 17.6. The smallest absolute Gasteiger partial charge is 0.353 e. The molecule has 7 nitrogen and oxygen atoms in total. The average molecular weight is 356 g/mol. The van der Waals surface area contributed by atoms with Gasteiger partial charge in [0.1, 0.15) is 5.70 Å². The van der Waals surface area contributed by atoms with Gasteiger partial charge in [-0.3, -0.25) is 9.69 Å². The summed E-state index contributed by atoms with van der Waals surface area (Å²) in [6.45, 7) is 5.99. The molecule has 5 atom stereocenters. The number of carboxylic acids is 1. The molecule has 4 unspecified atom stereocenters. The van der Waals surface area contributed by atoms with E-state index in [2.05, 4.69) is 4.90 Å². The standard InChI is InChI=1S/C16H24N2O5S/c1-8-12-11(9(2)20)15(21)18(12)13(16(22)23)14(8)24-10-3-4-17(7-10)5-6-19/h8-12,19-20H,3-7H2,1-2H3,(H,22,23)/t8?,9?,10?,11?,12-/m1/s1. The lowest BCUT2D eigenvalue weighted by Gasteiger charge is -2.46. The number of fused-ring (bicyclic) bond motifs is 1. The molecule has 0 aromatic heterocycles. The number of aliphatic carboxylic acids is 1. The summed E-state index contributed by atoms with van der Waals surface area (Å²) in [5, 5.41) is 28.8. The number of likely N-dealkylation sites (tertiary alicyclic amines) is 1. The Bertz CT molecular complexity index is 579. The van der Waals surface area contributed by atoms with E-state index in [0.717, 1.165) is 24.4 Å². The van der Waals surface area contributed by atoms with E-state index in [9.17, 15) is 19.8 Å². The fraction of sp³-hybridized carbons (Fsp3) is 0.750. The van der Waals surface area contributed by atoms with E-state index < -0.39 is 18.0 Å². The minimum atomic E-state index is -1.07. The van der Waals surface area contributed by atoms with Gasteiger partial charge < -0.3 is 20.2 Å². The van der Waals surface area contributed by atoms with Crippen molar-refractivity contribution < 1.29 is 24.9 Å². The molecule has 0 aliphatic carbocycles. The zero-order valence-corrected chi connectivity index (χ0v) is 14.7. The second-order valence-electron chi connectivity index (χ2n) is 6.82. The monoisotopic (exact) mass is 356 g/mol. The number of carboxylic acid groups (broad SMARTS) is 1. The van der Waals surface area contributed by atoms with Crippen molar-refractivity contribution in [3.8, 4) is 0 Å². The number of hydrogen-bond acceptors (Lipinski definition) is 6. The number of hydrogen-bond donors (Lipinski definition) is 3. The number of rotatable bonds is 6. The lowest BCUT2D eigenvalue weighted by molar-refractivity contribution is -0.163. The number of carbonyl (C=O) groups excluding carboxylic acids is 1. The van der Waals surface area contributed by atoms with Crippen molar-refractivity contribution in [1.29, 1.82) is 0 Å². The molecule has 3 N–H and O–H groups in total. The van der Waals surface area contributed by atoms with E-state index in [-0.39, 0.29) is 35.4 Å². The summed E-state index contributed by atoms with van der Waals surface area (Å²) in [7, 11) is 0. The quantitative estimate of drug-likeness (QED) is 0.573. The number of nitrogens with zero attached hydrogens (tertiary/aromatic N) is 2. The Hall–Kier alpha value is -1.09. The number of thioether (sulfide) groups is 1. The maximum Gasteiger partial charge on any atom is 0.353 e.